The highest BCUT2D eigenvalue weighted by atomic mass is 31.2. The van der Waals surface area contributed by atoms with Crippen LogP contribution in [0.3, 0.4) is 0 Å². The van der Waals surface area contributed by atoms with Crippen LogP contribution in [0.1, 0.15) is 148 Å². The monoisotopic (exact) mass is 1210 g/mol. The van der Waals surface area contributed by atoms with E-state index in [9.17, 15) is 52.7 Å². The Bertz CT molecular complexity index is 3700. The number of carbonyl (C=O) groups excluding carboxylic acids is 9. The van der Waals surface area contributed by atoms with Crippen molar-refractivity contribution in [2.45, 2.75) is 139 Å². The second kappa shape index (κ2) is 26.1. The van der Waals surface area contributed by atoms with E-state index in [1.54, 1.807) is 30.3 Å². The third-order valence-electron chi connectivity index (χ3n) is 16.9. The number of nitrogens with one attached hydrogen (secondary N) is 4. The minimum atomic E-state index is -6.03. The lowest BCUT2D eigenvalue weighted by molar-refractivity contribution is -0.137. The normalized spacial score (nSPS) is 17.8. The topological polar surface area (TPSA) is 297 Å². The molecule has 4 atom stereocenters. The first-order chi connectivity index (χ1) is 41.7. The van der Waals surface area contributed by atoms with Crippen LogP contribution in [0.5, 0.6) is 0 Å². The summed E-state index contributed by atoms with van der Waals surface area (Å²) >= 11 is 0. The van der Waals surface area contributed by atoms with E-state index in [0.717, 1.165) is 76.9 Å². The Morgan fingerprint density at radius 1 is 0.770 bits per heavy atom. The number of carbonyl (C=O) groups is 9. The number of anilines is 2. The molecule has 0 spiro atoms. The molecule has 20 nitrogen and oxygen atoms in total. The van der Waals surface area contributed by atoms with Crippen LogP contribution < -0.4 is 31.9 Å². The van der Waals surface area contributed by atoms with E-state index in [1.165, 1.54) is 9.80 Å². The summed E-state index contributed by atoms with van der Waals surface area (Å²) in [7, 11) is -6.03. The fourth-order valence-electron chi connectivity index (χ4n) is 12.4. The number of hydrogen-bond donors (Lipinski definition) is 7. The SMILES string of the molecule is NC(=O)CC[C@H](NC(=O)[C@@H]1Cc2cccc3c2N1C(=O)[C@@H](NC(=O)c1cc2cc(C(F)(F)P(=O)(O)O)ccc2n1C(=O)CCCCCCCCNc1cccc2c1CN(C1CCC(=O)NC1=O)C2=O)CC3)C(=O)CC(c1ccccc1)c1ccccc1. The summed E-state index contributed by atoms with van der Waals surface area (Å²) in [5.41, 5.74) is 5.21. The van der Waals surface area contributed by atoms with Gasteiger partial charge in [0.2, 0.25) is 35.4 Å². The number of aromatic nitrogens is 1. The van der Waals surface area contributed by atoms with Gasteiger partial charge in [-0.25, -0.2) is 0 Å². The lowest BCUT2D eigenvalue weighted by Gasteiger charge is -2.29. The van der Waals surface area contributed by atoms with Crippen molar-refractivity contribution >= 4 is 82.9 Å². The fraction of sp³-hybridized carbons (Fsp3) is 0.359. The molecular formula is C64H67F2N8O12P. The number of primary amides is 1. The van der Waals surface area contributed by atoms with Crippen LogP contribution in [0, 0.1) is 0 Å². The van der Waals surface area contributed by atoms with E-state index in [2.05, 4.69) is 21.3 Å². The van der Waals surface area contributed by atoms with Gasteiger partial charge in [0.25, 0.3) is 11.8 Å². The molecule has 7 amide bonds. The average Bonchev–Trinajstić information content (AvgIpc) is 1.77. The molecular weight excluding hydrogens is 1140 g/mol. The summed E-state index contributed by atoms with van der Waals surface area (Å²) in [6.45, 7) is 0.832. The van der Waals surface area contributed by atoms with Gasteiger partial charge < -0.3 is 36.4 Å². The van der Waals surface area contributed by atoms with Crippen LogP contribution in [-0.4, -0.2) is 103 Å². The van der Waals surface area contributed by atoms with Crippen LogP contribution in [0.15, 0.2) is 121 Å². The van der Waals surface area contributed by atoms with Crippen molar-refractivity contribution < 1.29 is 66.3 Å². The minimum absolute atomic E-state index is 0.000157. The standard InChI is InChI=1S/C64H67F2N8O12P/c65-64(66,87(84,85)86)43-25-28-50-42(33-43)35-52(73(50)57(78)23-11-3-1-2-4-12-32-68-47-22-14-21-44-46(47)37-72(62(44)82)51-29-31-56(77)71-59(51)79)60(80)70-49-26-24-40-19-13-20-41-34-53(74(58(40)41)63(49)83)61(81)69-48(27-30-55(67)76)54(75)36-45(38-15-7-5-8-16-38)39-17-9-6-10-18-39/h5-10,13-22,25,28,33,35,45,48-49,51,53,68H,1-4,11-12,23-24,26-27,29-32,34,36-37H2,(H2,67,76)(H,69,81)(H,70,80)(H,71,77,79)(H2,84,85,86)/t48-,49-,51?,53-/m0/s1. The molecule has 1 aromatic heterocycles. The van der Waals surface area contributed by atoms with E-state index < -0.39 is 84.4 Å². The maximum Gasteiger partial charge on any atom is 0.399 e. The van der Waals surface area contributed by atoms with Crippen LogP contribution in [-0.2, 0) is 58.4 Å². The summed E-state index contributed by atoms with van der Waals surface area (Å²) in [5, 5.41) is 11.2. The van der Waals surface area contributed by atoms with Crippen LogP contribution in [0.4, 0.5) is 20.2 Å². The zero-order valence-corrected chi connectivity index (χ0v) is 48.4. The number of rotatable bonds is 25. The molecule has 0 radical (unpaired) electrons. The van der Waals surface area contributed by atoms with E-state index >= 15 is 13.6 Å². The number of fused-ring (bicyclic) bond motifs is 2. The van der Waals surface area contributed by atoms with Gasteiger partial charge in [0.1, 0.15) is 23.8 Å². The van der Waals surface area contributed by atoms with Crippen molar-refractivity contribution in [3.8, 4) is 0 Å². The molecule has 454 valence electrons. The number of unbranched alkanes of at least 4 members (excludes halogenated alkanes) is 5. The first-order valence-electron chi connectivity index (χ1n) is 29.3. The van der Waals surface area contributed by atoms with Gasteiger partial charge in [0, 0.05) is 78.9 Å². The number of aryl methyl sites for hydroxylation is 1. The zero-order chi connectivity index (χ0) is 61.7. The number of benzene rings is 5. The van der Waals surface area contributed by atoms with Crippen molar-refractivity contribution in [1.29, 1.82) is 0 Å². The highest BCUT2D eigenvalue weighted by Crippen LogP contribution is 2.59. The maximum atomic E-state index is 15.1. The first kappa shape index (κ1) is 61.4. The summed E-state index contributed by atoms with van der Waals surface area (Å²) < 4.78 is 43.3. The number of Topliss-reactive ketones (excluding diaryl/α,β-unsaturated/α-hetero) is 1. The number of amides is 7. The Morgan fingerprint density at radius 3 is 2.14 bits per heavy atom. The molecule has 0 bridgehead atoms. The Morgan fingerprint density at radius 2 is 1.45 bits per heavy atom. The third-order valence-corrected chi connectivity index (χ3v) is 17.9. The van der Waals surface area contributed by atoms with Crippen molar-refractivity contribution in [3.63, 3.8) is 0 Å². The number of para-hydroxylation sites is 1. The van der Waals surface area contributed by atoms with Gasteiger partial charge in [-0.3, -0.25) is 62.5 Å². The first-order valence-corrected chi connectivity index (χ1v) is 30.9. The number of nitrogens with two attached hydrogens (primary N) is 1. The lowest BCUT2D eigenvalue weighted by Crippen LogP contribution is -2.56. The molecule has 1 fully saturated rings. The molecule has 10 rings (SSSR count). The minimum Gasteiger partial charge on any atom is -0.385 e. The molecule has 4 aliphatic rings. The second-order valence-corrected chi connectivity index (χ2v) is 24.3. The second-order valence-electron chi connectivity index (χ2n) is 22.7. The van der Waals surface area contributed by atoms with Crippen LogP contribution in [0.2, 0.25) is 0 Å². The van der Waals surface area contributed by atoms with Gasteiger partial charge in [-0.05, 0) is 91.1 Å². The van der Waals surface area contributed by atoms with Crippen molar-refractivity contribution in [1.82, 2.24) is 25.4 Å². The number of alkyl halides is 2. The number of piperidine rings is 1. The maximum absolute atomic E-state index is 15.1. The molecule has 23 heteroatoms. The van der Waals surface area contributed by atoms with Crippen LogP contribution >= 0.6 is 7.60 Å². The van der Waals surface area contributed by atoms with Gasteiger partial charge in [0.15, 0.2) is 5.78 Å². The molecule has 0 saturated carbocycles. The van der Waals surface area contributed by atoms with Gasteiger partial charge in [-0.15, -0.1) is 0 Å². The predicted octanol–water partition coefficient (Wildman–Crippen LogP) is 7.66. The van der Waals surface area contributed by atoms with Gasteiger partial charge in [-0.2, -0.15) is 8.78 Å². The molecule has 1 saturated heterocycles. The van der Waals surface area contributed by atoms with Gasteiger partial charge in [0.05, 0.1) is 17.2 Å². The summed E-state index contributed by atoms with van der Waals surface area (Å²) in [4.78, 5) is 145. The van der Waals surface area contributed by atoms with E-state index in [1.807, 2.05) is 66.7 Å². The summed E-state index contributed by atoms with van der Waals surface area (Å²) in [5.74, 6) is -5.45. The number of halogens is 2. The summed E-state index contributed by atoms with van der Waals surface area (Å²) in [6, 6.07) is 28.9. The Balaban J connectivity index is 0.806. The molecule has 87 heavy (non-hydrogen) atoms. The highest BCUT2D eigenvalue weighted by Gasteiger charge is 2.51. The third kappa shape index (κ3) is 13.2. The Kier molecular flexibility index (Phi) is 18.4. The van der Waals surface area contributed by atoms with Gasteiger partial charge in [-0.1, -0.05) is 117 Å². The lowest BCUT2D eigenvalue weighted by atomic mass is 9.85. The molecule has 5 aromatic carbocycles. The number of nitrogens with zero attached hydrogens (tertiary/aromatic N) is 3. The number of ketones is 1. The largest absolute Gasteiger partial charge is 0.399 e. The fourth-order valence-corrected chi connectivity index (χ4v) is 12.9. The molecule has 8 N–H and O–H groups in total. The molecule has 4 aliphatic heterocycles. The van der Waals surface area contributed by atoms with Crippen molar-refractivity contribution in [3.05, 3.63) is 166 Å². The smallest absolute Gasteiger partial charge is 0.385 e. The Labute approximate surface area is 499 Å². The van der Waals surface area contributed by atoms with Crippen molar-refractivity contribution in [2.75, 3.05) is 16.8 Å². The number of hydrogen-bond acceptors (Lipinski definition) is 11. The average molecular weight is 1210 g/mol. The number of imide groups is 1. The van der Waals surface area contributed by atoms with E-state index in [4.69, 9.17) is 5.73 Å². The zero-order valence-electron chi connectivity index (χ0n) is 47.6. The summed E-state index contributed by atoms with van der Waals surface area (Å²) in [6.07, 6.45) is 4.40. The highest BCUT2D eigenvalue weighted by molar-refractivity contribution is 7.52. The van der Waals surface area contributed by atoms with E-state index in [0.29, 0.717) is 41.8 Å². The molecule has 0 aliphatic carbocycles. The van der Waals surface area contributed by atoms with Gasteiger partial charge >= 0.3 is 13.3 Å². The molecule has 5 heterocycles. The Hall–Kier alpha value is -8.72. The van der Waals surface area contributed by atoms with Crippen LogP contribution in [0.25, 0.3) is 10.9 Å². The molecule has 1 unspecified atom stereocenters. The molecule has 6 aromatic rings. The van der Waals surface area contributed by atoms with E-state index in [-0.39, 0.29) is 98.5 Å². The van der Waals surface area contributed by atoms with Crippen molar-refractivity contribution in [2.24, 2.45) is 5.73 Å². The predicted molar refractivity (Wildman–Crippen MR) is 318 cm³/mol. The quantitative estimate of drug-likeness (QED) is 0.0165.